The zero-order valence-corrected chi connectivity index (χ0v) is 11.2. The molecule has 18 heavy (non-hydrogen) atoms. The minimum atomic E-state index is 0.457. The highest BCUT2D eigenvalue weighted by Gasteiger charge is 2.40. The third-order valence-corrected chi connectivity index (χ3v) is 4.38. The fraction of sp³-hybridized carbons (Fsp3) is 0.562. The summed E-state index contributed by atoms with van der Waals surface area (Å²) in [6.45, 7) is 4.46. The molecule has 0 aliphatic carbocycles. The highest BCUT2D eigenvalue weighted by molar-refractivity contribution is 5.83. The van der Waals surface area contributed by atoms with Crippen LogP contribution in [0.4, 0.5) is 5.69 Å². The lowest BCUT2D eigenvalue weighted by molar-refractivity contribution is -0.120. The van der Waals surface area contributed by atoms with Crippen LogP contribution in [0.2, 0.25) is 0 Å². The van der Waals surface area contributed by atoms with Crippen LogP contribution in [-0.2, 0) is 4.79 Å². The SMILES string of the molecule is CC(C)c1cccc(N2C3CCC2CC(=O)C3)c1. The lowest BCUT2D eigenvalue weighted by atomic mass is 9.98. The largest absolute Gasteiger partial charge is 0.365 e. The van der Waals surface area contributed by atoms with Crippen molar-refractivity contribution in [1.82, 2.24) is 0 Å². The minimum Gasteiger partial charge on any atom is -0.365 e. The third-order valence-electron chi connectivity index (χ3n) is 4.38. The van der Waals surface area contributed by atoms with E-state index in [1.165, 1.54) is 24.1 Å². The summed E-state index contributed by atoms with van der Waals surface area (Å²) in [4.78, 5) is 14.2. The molecule has 2 heteroatoms. The second kappa shape index (κ2) is 4.42. The monoisotopic (exact) mass is 243 g/mol. The van der Waals surface area contributed by atoms with Crippen molar-refractivity contribution >= 4 is 11.5 Å². The molecular weight excluding hydrogens is 222 g/mol. The van der Waals surface area contributed by atoms with E-state index in [0.717, 1.165) is 12.8 Å². The number of anilines is 1. The van der Waals surface area contributed by atoms with Gasteiger partial charge in [-0.25, -0.2) is 0 Å². The molecule has 2 unspecified atom stereocenters. The Bertz CT molecular complexity index is 450. The van der Waals surface area contributed by atoms with Crippen molar-refractivity contribution in [2.45, 2.75) is 57.5 Å². The number of carbonyl (C=O) groups is 1. The molecule has 0 N–H and O–H groups in total. The van der Waals surface area contributed by atoms with Gasteiger partial charge in [0.2, 0.25) is 0 Å². The van der Waals surface area contributed by atoms with Gasteiger partial charge in [-0.05, 0) is 36.5 Å². The molecule has 1 aromatic carbocycles. The first-order chi connectivity index (χ1) is 8.65. The Balaban J connectivity index is 1.91. The van der Waals surface area contributed by atoms with Gasteiger partial charge in [-0.15, -0.1) is 0 Å². The summed E-state index contributed by atoms with van der Waals surface area (Å²) in [6, 6.07) is 9.78. The van der Waals surface area contributed by atoms with Gasteiger partial charge in [-0.2, -0.15) is 0 Å². The van der Waals surface area contributed by atoms with Crippen LogP contribution in [0.1, 0.15) is 51.0 Å². The Labute approximate surface area is 109 Å². The summed E-state index contributed by atoms with van der Waals surface area (Å²) in [7, 11) is 0. The molecule has 0 saturated carbocycles. The summed E-state index contributed by atoms with van der Waals surface area (Å²) in [5.41, 5.74) is 2.71. The molecule has 2 saturated heterocycles. The van der Waals surface area contributed by atoms with Crippen molar-refractivity contribution in [2.24, 2.45) is 0 Å². The van der Waals surface area contributed by atoms with Gasteiger partial charge in [0.1, 0.15) is 5.78 Å². The van der Waals surface area contributed by atoms with Gasteiger partial charge >= 0.3 is 0 Å². The Morgan fingerprint density at radius 2 is 1.83 bits per heavy atom. The molecule has 2 bridgehead atoms. The van der Waals surface area contributed by atoms with Crippen LogP contribution in [0.25, 0.3) is 0 Å². The number of carbonyl (C=O) groups excluding carboxylic acids is 1. The van der Waals surface area contributed by atoms with Crippen LogP contribution >= 0.6 is 0 Å². The molecule has 2 aliphatic heterocycles. The molecule has 2 aliphatic rings. The number of nitrogens with zero attached hydrogens (tertiary/aromatic N) is 1. The molecule has 2 heterocycles. The van der Waals surface area contributed by atoms with Gasteiger partial charge in [0, 0.05) is 30.6 Å². The molecule has 0 spiro atoms. The normalized spacial score (nSPS) is 27.1. The van der Waals surface area contributed by atoms with Gasteiger partial charge in [0.25, 0.3) is 0 Å². The number of benzene rings is 1. The fourth-order valence-corrected chi connectivity index (χ4v) is 3.44. The van der Waals surface area contributed by atoms with Crippen molar-refractivity contribution in [2.75, 3.05) is 4.90 Å². The zero-order chi connectivity index (χ0) is 12.7. The Hall–Kier alpha value is -1.31. The third kappa shape index (κ3) is 1.94. The van der Waals surface area contributed by atoms with E-state index in [0.29, 0.717) is 23.8 Å². The first-order valence-electron chi connectivity index (χ1n) is 7.05. The van der Waals surface area contributed by atoms with Crippen LogP contribution in [0.3, 0.4) is 0 Å². The number of rotatable bonds is 2. The van der Waals surface area contributed by atoms with Crippen LogP contribution in [-0.4, -0.2) is 17.9 Å². The van der Waals surface area contributed by atoms with Gasteiger partial charge < -0.3 is 4.90 Å². The summed E-state index contributed by atoms with van der Waals surface area (Å²) < 4.78 is 0. The quantitative estimate of drug-likeness (QED) is 0.792. The van der Waals surface area contributed by atoms with E-state index in [9.17, 15) is 4.79 Å². The molecule has 0 radical (unpaired) electrons. The maximum absolute atomic E-state index is 11.6. The molecule has 0 amide bonds. The number of piperidine rings is 1. The standard InChI is InChI=1S/C16H21NO/c1-11(2)12-4-3-5-13(8-12)17-14-6-7-15(17)10-16(18)9-14/h3-5,8,11,14-15H,6-7,9-10H2,1-2H3. The van der Waals surface area contributed by atoms with Gasteiger partial charge in [-0.3, -0.25) is 4.79 Å². The average molecular weight is 243 g/mol. The van der Waals surface area contributed by atoms with Crippen molar-refractivity contribution in [3.63, 3.8) is 0 Å². The van der Waals surface area contributed by atoms with Gasteiger partial charge in [0.05, 0.1) is 0 Å². The Kier molecular flexibility index (Phi) is 2.89. The molecule has 3 rings (SSSR count). The predicted octanol–water partition coefficient (Wildman–Crippen LogP) is 3.51. The Morgan fingerprint density at radius 3 is 2.44 bits per heavy atom. The second-order valence-electron chi connectivity index (χ2n) is 5.99. The first kappa shape index (κ1) is 11.8. The highest BCUT2D eigenvalue weighted by atomic mass is 16.1. The fourth-order valence-electron chi connectivity index (χ4n) is 3.44. The first-order valence-corrected chi connectivity index (χ1v) is 7.05. The maximum atomic E-state index is 11.6. The zero-order valence-electron chi connectivity index (χ0n) is 11.2. The van der Waals surface area contributed by atoms with Crippen LogP contribution in [0.15, 0.2) is 24.3 Å². The number of hydrogen-bond donors (Lipinski definition) is 0. The average Bonchev–Trinajstić information content (AvgIpc) is 2.62. The summed E-state index contributed by atoms with van der Waals surface area (Å²) in [6.07, 6.45) is 3.87. The minimum absolute atomic E-state index is 0.457. The van der Waals surface area contributed by atoms with Crippen molar-refractivity contribution in [3.8, 4) is 0 Å². The molecule has 2 fully saturated rings. The number of hydrogen-bond acceptors (Lipinski definition) is 2. The number of ketones is 1. The highest BCUT2D eigenvalue weighted by Crippen LogP contribution is 2.38. The maximum Gasteiger partial charge on any atom is 0.137 e. The van der Waals surface area contributed by atoms with E-state index >= 15 is 0 Å². The van der Waals surface area contributed by atoms with Crippen molar-refractivity contribution in [1.29, 1.82) is 0 Å². The van der Waals surface area contributed by atoms with E-state index in [-0.39, 0.29) is 0 Å². The molecule has 96 valence electrons. The van der Waals surface area contributed by atoms with E-state index in [1.807, 2.05) is 0 Å². The molecule has 0 aromatic heterocycles. The lowest BCUT2D eigenvalue weighted by Gasteiger charge is -2.36. The topological polar surface area (TPSA) is 20.3 Å². The number of Topliss-reactive ketones (excluding diaryl/α,β-unsaturated/α-hetero) is 1. The van der Waals surface area contributed by atoms with Crippen molar-refractivity contribution < 1.29 is 4.79 Å². The predicted molar refractivity (Wildman–Crippen MR) is 74.1 cm³/mol. The molecular formula is C16H21NO. The molecule has 2 nitrogen and oxygen atoms in total. The number of fused-ring (bicyclic) bond motifs is 2. The molecule has 1 aromatic rings. The van der Waals surface area contributed by atoms with Crippen molar-refractivity contribution in [3.05, 3.63) is 29.8 Å². The summed E-state index contributed by atoms with van der Waals surface area (Å²) >= 11 is 0. The lowest BCUT2D eigenvalue weighted by Crippen LogP contribution is -2.43. The molecule has 2 atom stereocenters. The summed E-state index contributed by atoms with van der Waals surface area (Å²) in [5.74, 6) is 1.02. The van der Waals surface area contributed by atoms with E-state index in [4.69, 9.17) is 0 Å². The van der Waals surface area contributed by atoms with E-state index in [2.05, 4.69) is 43.0 Å². The second-order valence-corrected chi connectivity index (χ2v) is 5.99. The van der Waals surface area contributed by atoms with E-state index in [1.54, 1.807) is 0 Å². The van der Waals surface area contributed by atoms with E-state index < -0.39 is 0 Å². The summed E-state index contributed by atoms with van der Waals surface area (Å²) in [5, 5.41) is 0. The van der Waals surface area contributed by atoms with Crippen LogP contribution in [0, 0.1) is 0 Å². The smallest absolute Gasteiger partial charge is 0.137 e. The van der Waals surface area contributed by atoms with Crippen LogP contribution in [0.5, 0.6) is 0 Å². The Morgan fingerprint density at radius 1 is 1.17 bits per heavy atom. The van der Waals surface area contributed by atoms with Gasteiger partial charge in [0.15, 0.2) is 0 Å². The van der Waals surface area contributed by atoms with Crippen LogP contribution < -0.4 is 4.90 Å². The van der Waals surface area contributed by atoms with Gasteiger partial charge in [-0.1, -0.05) is 26.0 Å².